The zero-order chi connectivity index (χ0) is 11.8. The van der Waals surface area contributed by atoms with Gasteiger partial charge in [0, 0.05) is 18.0 Å². The average Bonchev–Trinajstić information content (AvgIpc) is 2.94. The van der Waals surface area contributed by atoms with E-state index in [2.05, 4.69) is 0 Å². The quantitative estimate of drug-likeness (QED) is 0.832. The SMILES string of the molecule is Nc1sc2c(c1C(=O)N1CCCC1)CCCC2. The highest BCUT2D eigenvalue weighted by molar-refractivity contribution is 7.16. The van der Waals surface area contributed by atoms with Crippen molar-refractivity contribution in [1.82, 2.24) is 4.90 Å². The molecule has 1 amide bonds. The molecule has 0 unspecified atom stereocenters. The second kappa shape index (κ2) is 4.33. The van der Waals surface area contributed by atoms with Crippen LogP contribution in [0.3, 0.4) is 0 Å². The van der Waals surface area contributed by atoms with Crippen molar-refractivity contribution in [2.24, 2.45) is 0 Å². The largest absolute Gasteiger partial charge is 0.390 e. The summed E-state index contributed by atoms with van der Waals surface area (Å²) in [5.74, 6) is 0.180. The van der Waals surface area contributed by atoms with Gasteiger partial charge in [-0.15, -0.1) is 11.3 Å². The number of hydrogen-bond donors (Lipinski definition) is 1. The molecule has 3 nitrogen and oxygen atoms in total. The van der Waals surface area contributed by atoms with Crippen LogP contribution in [0.1, 0.15) is 46.5 Å². The lowest BCUT2D eigenvalue weighted by Gasteiger charge is -2.18. The van der Waals surface area contributed by atoms with E-state index in [1.54, 1.807) is 11.3 Å². The van der Waals surface area contributed by atoms with Crippen molar-refractivity contribution in [2.45, 2.75) is 38.5 Å². The number of carbonyl (C=O) groups is 1. The van der Waals surface area contributed by atoms with Gasteiger partial charge in [0.25, 0.3) is 5.91 Å². The fraction of sp³-hybridized carbons (Fsp3) is 0.615. The minimum absolute atomic E-state index is 0.180. The Bertz CT molecular complexity index is 447. The van der Waals surface area contributed by atoms with Crippen LogP contribution in [0.5, 0.6) is 0 Å². The van der Waals surface area contributed by atoms with E-state index in [-0.39, 0.29) is 5.91 Å². The Balaban J connectivity index is 1.96. The van der Waals surface area contributed by atoms with Crippen LogP contribution in [0.2, 0.25) is 0 Å². The number of hydrogen-bond acceptors (Lipinski definition) is 3. The number of nitrogen functional groups attached to an aromatic ring is 1. The maximum absolute atomic E-state index is 12.5. The number of aryl methyl sites for hydroxylation is 1. The predicted molar refractivity (Wildman–Crippen MR) is 70.5 cm³/mol. The number of fused-ring (bicyclic) bond motifs is 1. The van der Waals surface area contributed by atoms with Gasteiger partial charge in [0.1, 0.15) is 0 Å². The van der Waals surface area contributed by atoms with Crippen LogP contribution in [0, 0.1) is 0 Å². The standard InChI is InChI=1S/C13H18N2OS/c14-12-11(13(16)15-7-3-4-8-15)9-5-1-2-6-10(9)17-12/h1-8,14H2. The molecular formula is C13H18N2OS. The molecule has 3 rings (SSSR count). The van der Waals surface area contributed by atoms with Gasteiger partial charge in [0.15, 0.2) is 0 Å². The van der Waals surface area contributed by atoms with Crippen molar-refractivity contribution in [2.75, 3.05) is 18.8 Å². The molecule has 0 radical (unpaired) electrons. The van der Waals surface area contributed by atoms with Crippen molar-refractivity contribution < 1.29 is 4.79 Å². The Morgan fingerprint density at radius 1 is 1.12 bits per heavy atom. The minimum atomic E-state index is 0.180. The monoisotopic (exact) mass is 250 g/mol. The summed E-state index contributed by atoms with van der Waals surface area (Å²) in [5, 5.41) is 0.744. The number of anilines is 1. The number of rotatable bonds is 1. The number of amides is 1. The van der Waals surface area contributed by atoms with E-state index in [1.807, 2.05) is 4.90 Å². The number of thiophene rings is 1. The Kier molecular flexibility index (Phi) is 2.82. The molecule has 2 aliphatic rings. The van der Waals surface area contributed by atoms with E-state index in [0.29, 0.717) is 0 Å². The lowest BCUT2D eigenvalue weighted by Crippen LogP contribution is -2.28. The summed E-state index contributed by atoms with van der Waals surface area (Å²) in [6.45, 7) is 1.81. The number of nitrogens with zero attached hydrogens (tertiary/aromatic N) is 1. The molecule has 4 heteroatoms. The van der Waals surface area contributed by atoms with Gasteiger partial charge in [-0.2, -0.15) is 0 Å². The molecule has 1 fully saturated rings. The number of carbonyl (C=O) groups excluding carboxylic acids is 1. The molecule has 1 aromatic rings. The first-order valence-corrected chi connectivity index (χ1v) is 7.28. The summed E-state index contributed by atoms with van der Waals surface area (Å²) < 4.78 is 0. The van der Waals surface area contributed by atoms with Gasteiger partial charge in [0.05, 0.1) is 10.6 Å². The molecule has 1 aliphatic heterocycles. The first-order chi connectivity index (χ1) is 8.27. The van der Waals surface area contributed by atoms with E-state index < -0.39 is 0 Å². The first-order valence-electron chi connectivity index (χ1n) is 6.46. The summed E-state index contributed by atoms with van der Waals surface area (Å²) in [4.78, 5) is 15.8. The Morgan fingerprint density at radius 3 is 2.59 bits per heavy atom. The third-order valence-electron chi connectivity index (χ3n) is 3.81. The van der Waals surface area contributed by atoms with Crippen LogP contribution in [0.25, 0.3) is 0 Å². The third kappa shape index (κ3) is 1.84. The second-order valence-corrected chi connectivity index (χ2v) is 6.09. The Morgan fingerprint density at radius 2 is 1.82 bits per heavy atom. The Labute approximate surface area is 106 Å². The molecule has 0 saturated carbocycles. The van der Waals surface area contributed by atoms with E-state index in [4.69, 9.17) is 5.73 Å². The highest BCUT2D eigenvalue weighted by Gasteiger charge is 2.28. The van der Waals surface area contributed by atoms with Gasteiger partial charge >= 0.3 is 0 Å². The van der Waals surface area contributed by atoms with Crippen molar-refractivity contribution >= 4 is 22.2 Å². The smallest absolute Gasteiger partial charge is 0.257 e. The molecule has 2 heterocycles. The van der Waals surface area contributed by atoms with Gasteiger partial charge in [-0.3, -0.25) is 4.79 Å². The molecule has 0 aromatic carbocycles. The van der Waals surface area contributed by atoms with Gasteiger partial charge in [-0.1, -0.05) is 0 Å². The number of likely N-dealkylation sites (tertiary alicyclic amines) is 1. The lowest BCUT2D eigenvalue weighted by molar-refractivity contribution is 0.0793. The van der Waals surface area contributed by atoms with Crippen LogP contribution in [0.15, 0.2) is 0 Å². The van der Waals surface area contributed by atoms with E-state index in [9.17, 15) is 4.79 Å². The maximum Gasteiger partial charge on any atom is 0.257 e. The van der Waals surface area contributed by atoms with E-state index in [0.717, 1.165) is 49.3 Å². The molecule has 0 bridgehead atoms. The van der Waals surface area contributed by atoms with Gasteiger partial charge in [-0.25, -0.2) is 0 Å². The molecule has 2 N–H and O–H groups in total. The summed E-state index contributed by atoms with van der Waals surface area (Å²) in [7, 11) is 0. The van der Waals surface area contributed by atoms with Crippen LogP contribution in [0.4, 0.5) is 5.00 Å². The van der Waals surface area contributed by atoms with Gasteiger partial charge in [0.2, 0.25) is 0 Å². The van der Waals surface area contributed by atoms with E-state index in [1.165, 1.54) is 23.3 Å². The van der Waals surface area contributed by atoms with Crippen molar-refractivity contribution in [1.29, 1.82) is 0 Å². The van der Waals surface area contributed by atoms with Crippen molar-refractivity contribution in [3.63, 3.8) is 0 Å². The fourth-order valence-corrected chi connectivity index (χ4v) is 4.05. The van der Waals surface area contributed by atoms with Crippen LogP contribution in [-0.2, 0) is 12.8 Å². The summed E-state index contributed by atoms with van der Waals surface area (Å²) in [6, 6.07) is 0. The summed E-state index contributed by atoms with van der Waals surface area (Å²) in [6.07, 6.45) is 6.86. The zero-order valence-corrected chi connectivity index (χ0v) is 10.8. The summed E-state index contributed by atoms with van der Waals surface area (Å²) >= 11 is 1.63. The van der Waals surface area contributed by atoms with Crippen molar-refractivity contribution in [3.8, 4) is 0 Å². The topological polar surface area (TPSA) is 46.3 Å². The average molecular weight is 250 g/mol. The van der Waals surface area contributed by atoms with Crippen LogP contribution < -0.4 is 5.73 Å². The molecule has 1 aromatic heterocycles. The lowest BCUT2D eigenvalue weighted by atomic mass is 9.95. The first kappa shape index (κ1) is 11.1. The molecule has 92 valence electrons. The van der Waals surface area contributed by atoms with Crippen LogP contribution in [-0.4, -0.2) is 23.9 Å². The van der Waals surface area contributed by atoms with Crippen molar-refractivity contribution in [3.05, 3.63) is 16.0 Å². The van der Waals surface area contributed by atoms with E-state index >= 15 is 0 Å². The van der Waals surface area contributed by atoms with Gasteiger partial charge in [-0.05, 0) is 44.1 Å². The van der Waals surface area contributed by atoms with Gasteiger partial charge < -0.3 is 10.6 Å². The summed E-state index contributed by atoms with van der Waals surface area (Å²) in [5.41, 5.74) is 8.16. The predicted octanol–water partition coefficient (Wildman–Crippen LogP) is 2.45. The normalized spacial score (nSPS) is 19.4. The molecule has 17 heavy (non-hydrogen) atoms. The fourth-order valence-electron chi connectivity index (χ4n) is 2.90. The molecule has 0 atom stereocenters. The second-order valence-electron chi connectivity index (χ2n) is 4.95. The highest BCUT2D eigenvalue weighted by atomic mass is 32.1. The third-order valence-corrected chi connectivity index (χ3v) is 4.93. The minimum Gasteiger partial charge on any atom is -0.390 e. The molecule has 0 spiro atoms. The van der Waals surface area contributed by atoms with Crippen LogP contribution >= 0.6 is 11.3 Å². The highest BCUT2D eigenvalue weighted by Crippen LogP contribution is 2.37. The molecule has 1 aliphatic carbocycles. The maximum atomic E-state index is 12.5. The Hall–Kier alpha value is -1.03. The molecule has 1 saturated heterocycles. The zero-order valence-electron chi connectivity index (χ0n) is 10.00. The number of nitrogens with two attached hydrogens (primary N) is 1. The molecular weight excluding hydrogens is 232 g/mol.